The summed E-state index contributed by atoms with van der Waals surface area (Å²) in [6.07, 6.45) is 0.698. The molecule has 0 amide bonds. The highest BCUT2D eigenvalue weighted by molar-refractivity contribution is 5.70. The summed E-state index contributed by atoms with van der Waals surface area (Å²) in [4.78, 5) is 13.3. The van der Waals surface area contributed by atoms with E-state index in [1.54, 1.807) is 0 Å². The summed E-state index contributed by atoms with van der Waals surface area (Å²) >= 11 is 0. The smallest absolute Gasteiger partial charge is 0.307 e. The molecule has 96 valence electrons. The Hall–Kier alpha value is -1.39. The molecule has 0 aromatic heterocycles. The summed E-state index contributed by atoms with van der Waals surface area (Å²) in [5.74, 6) is -0.933. The largest absolute Gasteiger partial charge is 0.481 e. The molecule has 1 fully saturated rings. The number of aliphatic carboxylic acids is 1. The van der Waals surface area contributed by atoms with E-state index < -0.39 is 5.97 Å². The molecule has 4 nitrogen and oxygen atoms in total. The second-order valence-electron chi connectivity index (χ2n) is 5.43. The maximum atomic E-state index is 11.0. The second-order valence-corrected chi connectivity index (χ2v) is 5.43. The molecule has 2 aliphatic heterocycles. The van der Waals surface area contributed by atoms with Crippen LogP contribution in [0.3, 0.4) is 0 Å². The first kappa shape index (κ1) is 11.7. The van der Waals surface area contributed by atoms with Crippen LogP contribution in [0.15, 0.2) is 18.2 Å². The molecule has 0 aliphatic carbocycles. The normalized spacial score (nSPS) is 27.4. The third kappa shape index (κ3) is 2.02. The first-order valence-corrected chi connectivity index (χ1v) is 6.40. The zero-order chi connectivity index (χ0) is 12.7. The minimum atomic E-state index is -0.689. The van der Waals surface area contributed by atoms with Crippen molar-refractivity contribution in [2.45, 2.75) is 25.6 Å². The van der Waals surface area contributed by atoms with Crippen molar-refractivity contribution in [2.75, 3.05) is 13.6 Å². The van der Waals surface area contributed by atoms with Gasteiger partial charge in [0.1, 0.15) is 0 Å². The van der Waals surface area contributed by atoms with Gasteiger partial charge in [0.05, 0.1) is 5.92 Å². The van der Waals surface area contributed by atoms with Crippen LogP contribution >= 0.6 is 0 Å². The molecule has 1 aromatic carbocycles. The minimum absolute atomic E-state index is 0.197. The molecule has 2 aliphatic rings. The van der Waals surface area contributed by atoms with E-state index in [0.717, 1.165) is 13.1 Å². The lowest BCUT2D eigenvalue weighted by Crippen LogP contribution is -2.17. The van der Waals surface area contributed by atoms with E-state index >= 15 is 0 Å². The number of carboxylic acids is 1. The second kappa shape index (κ2) is 4.37. The molecule has 0 bridgehead atoms. The van der Waals surface area contributed by atoms with E-state index in [9.17, 15) is 4.79 Å². The van der Waals surface area contributed by atoms with Crippen LogP contribution in [0.25, 0.3) is 0 Å². The Morgan fingerprint density at radius 1 is 1.39 bits per heavy atom. The zero-order valence-electron chi connectivity index (χ0n) is 10.5. The molecule has 4 heteroatoms. The monoisotopic (exact) mass is 246 g/mol. The summed E-state index contributed by atoms with van der Waals surface area (Å²) < 4.78 is 0. The highest BCUT2D eigenvalue weighted by Gasteiger charge is 2.30. The van der Waals surface area contributed by atoms with Crippen molar-refractivity contribution >= 4 is 5.97 Å². The molecule has 0 saturated carbocycles. The van der Waals surface area contributed by atoms with Gasteiger partial charge < -0.3 is 10.4 Å². The SMILES string of the molecule is CN1Cc2ccc(C3CC(C(=O)O)CN3)cc2C1. The van der Waals surface area contributed by atoms with Gasteiger partial charge in [-0.2, -0.15) is 0 Å². The van der Waals surface area contributed by atoms with Crippen molar-refractivity contribution in [3.8, 4) is 0 Å². The fraction of sp³-hybridized carbons (Fsp3) is 0.500. The summed E-state index contributed by atoms with van der Waals surface area (Å²) in [6.45, 7) is 2.60. The van der Waals surface area contributed by atoms with E-state index in [4.69, 9.17) is 5.11 Å². The highest BCUT2D eigenvalue weighted by Crippen LogP contribution is 2.30. The summed E-state index contributed by atoms with van der Waals surface area (Å²) in [5, 5.41) is 12.3. The number of fused-ring (bicyclic) bond motifs is 1. The molecule has 2 N–H and O–H groups in total. The molecule has 0 radical (unpaired) electrons. The summed E-state index contributed by atoms with van der Waals surface area (Å²) in [7, 11) is 2.12. The van der Waals surface area contributed by atoms with Crippen LogP contribution in [0.1, 0.15) is 29.2 Å². The quantitative estimate of drug-likeness (QED) is 0.827. The molecular weight excluding hydrogens is 228 g/mol. The number of hydrogen-bond acceptors (Lipinski definition) is 3. The number of rotatable bonds is 2. The van der Waals surface area contributed by atoms with Crippen LogP contribution in [0.5, 0.6) is 0 Å². The van der Waals surface area contributed by atoms with Gasteiger partial charge in [0.2, 0.25) is 0 Å². The van der Waals surface area contributed by atoms with Gasteiger partial charge in [-0.25, -0.2) is 0 Å². The van der Waals surface area contributed by atoms with Gasteiger partial charge in [-0.3, -0.25) is 9.69 Å². The van der Waals surface area contributed by atoms with Crippen LogP contribution in [-0.2, 0) is 17.9 Å². The molecule has 2 unspecified atom stereocenters. The van der Waals surface area contributed by atoms with Gasteiger partial charge in [0.25, 0.3) is 0 Å². The summed E-state index contributed by atoms with van der Waals surface area (Å²) in [5.41, 5.74) is 4.01. The Morgan fingerprint density at radius 3 is 2.89 bits per heavy atom. The van der Waals surface area contributed by atoms with Gasteiger partial charge in [-0.15, -0.1) is 0 Å². The Balaban J connectivity index is 1.78. The molecule has 0 spiro atoms. The minimum Gasteiger partial charge on any atom is -0.481 e. The van der Waals surface area contributed by atoms with Crippen LogP contribution < -0.4 is 5.32 Å². The summed E-state index contributed by atoms with van der Waals surface area (Å²) in [6, 6.07) is 6.76. The first-order valence-electron chi connectivity index (χ1n) is 6.40. The molecule has 1 aromatic rings. The van der Waals surface area contributed by atoms with Gasteiger partial charge in [0.15, 0.2) is 0 Å². The molecule has 2 atom stereocenters. The number of carboxylic acid groups (broad SMARTS) is 1. The fourth-order valence-electron chi connectivity index (χ4n) is 2.98. The number of carbonyl (C=O) groups is 1. The lowest BCUT2D eigenvalue weighted by atomic mass is 9.97. The number of hydrogen-bond donors (Lipinski definition) is 2. The zero-order valence-corrected chi connectivity index (χ0v) is 10.5. The topological polar surface area (TPSA) is 52.6 Å². The standard InChI is InChI=1S/C14H18N2O2/c1-16-7-10-3-2-9(4-12(10)8-16)13-5-11(6-15-13)14(17)18/h2-4,11,13,15H,5-8H2,1H3,(H,17,18). The maximum absolute atomic E-state index is 11.0. The molecular formula is C14H18N2O2. The van der Waals surface area contributed by atoms with Crippen molar-refractivity contribution in [2.24, 2.45) is 5.92 Å². The van der Waals surface area contributed by atoms with E-state index in [-0.39, 0.29) is 12.0 Å². The lowest BCUT2D eigenvalue weighted by Gasteiger charge is -2.12. The van der Waals surface area contributed by atoms with E-state index in [1.165, 1.54) is 16.7 Å². The average molecular weight is 246 g/mol. The Kier molecular flexibility index (Phi) is 2.84. The molecule has 18 heavy (non-hydrogen) atoms. The Bertz CT molecular complexity index is 487. The lowest BCUT2D eigenvalue weighted by molar-refractivity contribution is -0.141. The first-order chi connectivity index (χ1) is 8.63. The van der Waals surface area contributed by atoms with Crippen molar-refractivity contribution in [3.05, 3.63) is 34.9 Å². The van der Waals surface area contributed by atoms with Gasteiger partial charge in [0, 0.05) is 25.7 Å². The number of benzene rings is 1. The van der Waals surface area contributed by atoms with Crippen molar-refractivity contribution < 1.29 is 9.90 Å². The maximum Gasteiger partial charge on any atom is 0.307 e. The van der Waals surface area contributed by atoms with Gasteiger partial charge >= 0.3 is 5.97 Å². The van der Waals surface area contributed by atoms with Crippen molar-refractivity contribution in [3.63, 3.8) is 0 Å². The third-order valence-electron chi connectivity index (χ3n) is 3.99. The number of nitrogens with one attached hydrogen (secondary N) is 1. The van der Waals surface area contributed by atoms with Crippen molar-refractivity contribution in [1.82, 2.24) is 10.2 Å². The van der Waals surface area contributed by atoms with E-state index in [2.05, 4.69) is 35.5 Å². The predicted molar refractivity (Wildman–Crippen MR) is 68.1 cm³/mol. The Labute approximate surface area is 107 Å². The molecule has 1 saturated heterocycles. The molecule has 2 heterocycles. The predicted octanol–water partition coefficient (Wildman–Crippen LogP) is 1.37. The van der Waals surface area contributed by atoms with Crippen LogP contribution in [-0.4, -0.2) is 29.6 Å². The molecule has 3 rings (SSSR count). The van der Waals surface area contributed by atoms with E-state index in [0.29, 0.717) is 13.0 Å². The average Bonchev–Trinajstić information content (AvgIpc) is 2.91. The number of nitrogens with zero attached hydrogens (tertiary/aromatic N) is 1. The van der Waals surface area contributed by atoms with Gasteiger partial charge in [-0.1, -0.05) is 18.2 Å². The van der Waals surface area contributed by atoms with E-state index in [1.807, 2.05) is 0 Å². The fourth-order valence-corrected chi connectivity index (χ4v) is 2.98. The van der Waals surface area contributed by atoms with Crippen LogP contribution in [0.2, 0.25) is 0 Å². The highest BCUT2D eigenvalue weighted by atomic mass is 16.4. The van der Waals surface area contributed by atoms with Crippen molar-refractivity contribution in [1.29, 1.82) is 0 Å². The Morgan fingerprint density at radius 2 is 2.17 bits per heavy atom. The van der Waals surface area contributed by atoms with Crippen LogP contribution in [0, 0.1) is 5.92 Å². The third-order valence-corrected chi connectivity index (χ3v) is 3.99. The van der Waals surface area contributed by atoms with Gasteiger partial charge in [-0.05, 0) is 30.2 Å². The van der Waals surface area contributed by atoms with Crippen LogP contribution in [0.4, 0.5) is 0 Å².